The van der Waals surface area contributed by atoms with Crippen LogP contribution >= 0.6 is 0 Å². The highest BCUT2D eigenvalue weighted by molar-refractivity contribution is 5.69. The standard InChI is InChI=1S/C16H18N2O5/c1-20-12-4-5-14-13(11-12)18(8-10-21-14)7-6-17-16(19)23-15-3-2-9-22-15/h2-5,9,11H,6-8,10H2,1H3,(H,17,19). The summed E-state index contributed by atoms with van der Waals surface area (Å²) in [4.78, 5) is 13.8. The van der Waals surface area contributed by atoms with Crippen molar-refractivity contribution in [3.63, 3.8) is 0 Å². The normalized spacial score (nSPS) is 13.0. The molecule has 0 spiro atoms. The quantitative estimate of drug-likeness (QED) is 0.912. The van der Waals surface area contributed by atoms with Gasteiger partial charge in [-0.25, -0.2) is 4.79 Å². The van der Waals surface area contributed by atoms with Crippen LogP contribution in [0.4, 0.5) is 10.5 Å². The number of anilines is 1. The van der Waals surface area contributed by atoms with Crippen LogP contribution in [0.2, 0.25) is 0 Å². The summed E-state index contributed by atoms with van der Waals surface area (Å²) in [7, 11) is 1.63. The van der Waals surface area contributed by atoms with Gasteiger partial charge >= 0.3 is 6.09 Å². The summed E-state index contributed by atoms with van der Waals surface area (Å²) in [5.41, 5.74) is 0.955. The zero-order chi connectivity index (χ0) is 16.1. The maximum Gasteiger partial charge on any atom is 0.415 e. The Kier molecular flexibility index (Phi) is 4.56. The van der Waals surface area contributed by atoms with Crippen molar-refractivity contribution < 1.29 is 23.4 Å². The van der Waals surface area contributed by atoms with Gasteiger partial charge in [0, 0.05) is 25.2 Å². The van der Waals surface area contributed by atoms with Crippen molar-refractivity contribution in [1.82, 2.24) is 5.32 Å². The van der Waals surface area contributed by atoms with Gasteiger partial charge in [0.05, 0.1) is 25.6 Å². The summed E-state index contributed by atoms with van der Waals surface area (Å²) in [6, 6.07) is 8.90. The van der Waals surface area contributed by atoms with Crippen LogP contribution in [0, 0.1) is 0 Å². The number of nitrogens with one attached hydrogen (secondary N) is 1. The van der Waals surface area contributed by atoms with Gasteiger partial charge in [0.2, 0.25) is 0 Å². The van der Waals surface area contributed by atoms with Crippen LogP contribution < -0.4 is 24.4 Å². The van der Waals surface area contributed by atoms with Crippen LogP contribution in [0.25, 0.3) is 0 Å². The molecular weight excluding hydrogens is 300 g/mol. The molecule has 7 nitrogen and oxygen atoms in total. The Hall–Kier alpha value is -2.83. The highest BCUT2D eigenvalue weighted by Gasteiger charge is 2.18. The second-order valence-electron chi connectivity index (χ2n) is 4.92. The van der Waals surface area contributed by atoms with Gasteiger partial charge in [0.15, 0.2) is 0 Å². The smallest absolute Gasteiger partial charge is 0.415 e. The van der Waals surface area contributed by atoms with Crippen molar-refractivity contribution in [3.8, 4) is 17.4 Å². The zero-order valence-electron chi connectivity index (χ0n) is 12.8. The second-order valence-corrected chi connectivity index (χ2v) is 4.92. The fourth-order valence-electron chi connectivity index (χ4n) is 2.35. The molecule has 2 heterocycles. The minimum Gasteiger partial charge on any atom is -0.497 e. The first-order valence-corrected chi connectivity index (χ1v) is 7.31. The van der Waals surface area contributed by atoms with Gasteiger partial charge in [-0.3, -0.25) is 0 Å². The number of methoxy groups -OCH3 is 1. The molecule has 7 heteroatoms. The third-order valence-electron chi connectivity index (χ3n) is 3.46. The number of nitrogens with zero attached hydrogens (tertiary/aromatic N) is 1. The number of furan rings is 1. The van der Waals surface area contributed by atoms with Gasteiger partial charge in [-0.15, -0.1) is 0 Å². The van der Waals surface area contributed by atoms with Gasteiger partial charge in [-0.1, -0.05) is 0 Å². The SMILES string of the molecule is COc1ccc2c(c1)N(CCNC(=O)Oc1ccco1)CCO2. The van der Waals surface area contributed by atoms with Gasteiger partial charge in [0.25, 0.3) is 5.95 Å². The second kappa shape index (κ2) is 6.95. The number of carbonyl (C=O) groups is 1. The summed E-state index contributed by atoms with van der Waals surface area (Å²) in [5, 5.41) is 2.69. The molecule has 1 N–H and O–H groups in total. The van der Waals surface area contributed by atoms with Crippen LogP contribution in [0.3, 0.4) is 0 Å². The Morgan fingerprint density at radius 3 is 3.09 bits per heavy atom. The number of ether oxygens (including phenoxy) is 3. The molecule has 0 fully saturated rings. The molecule has 3 rings (SSSR count). The average molecular weight is 318 g/mol. The molecular formula is C16H18N2O5. The lowest BCUT2D eigenvalue weighted by molar-refractivity contribution is 0.187. The summed E-state index contributed by atoms with van der Waals surface area (Å²) in [6.45, 7) is 2.43. The summed E-state index contributed by atoms with van der Waals surface area (Å²) in [5.74, 6) is 1.75. The number of amides is 1. The summed E-state index contributed by atoms with van der Waals surface area (Å²) in [6.07, 6.45) is 0.903. The molecule has 0 saturated heterocycles. The molecule has 1 aliphatic rings. The van der Waals surface area contributed by atoms with E-state index in [4.69, 9.17) is 18.6 Å². The molecule has 1 aromatic heterocycles. The van der Waals surface area contributed by atoms with Crippen molar-refractivity contribution in [2.24, 2.45) is 0 Å². The number of carbonyl (C=O) groups excluding carboxylic acids is 1. The van der Waals surface area contributed by atoms with Crippen LogP contribution in [-0.4, -0.2) is 39.4 Å². The third-order valence-corrected chi connectivity index (χ3v) is 3.46. The minimum absolute atomic E-state index is 0.170. The Bertz CT molecular complexity index is 656. The predicted octanol–water partition coefficient (Wildman–Crippen LogP) is 2.28. The van der Waals surface area contributed by atoms with E-state index < -0.39 is 6.09 Å². The van der Waals surface area contributed by atoms with E-state index in [9.17, 15) is 4.79 Å². The van der Waals surface area contributed by atoms with E-state index in [-0.39, 0.29) is 5.95 Å². The van der Waals surface area contributed by atoms with Crippen molar-refractivity contribution in [3.05, 3.63) is 36.6 Å². The number of hydrogen-bond acceptors (Lipinski definition) is 6. The molecule has 0 saturated carbocycles. The Morgan fingerprint density at radius 1 is 1.39 bits per heavy atom. The molecule has 1 aromatic carbocycles. The molecule has 0 bridgehead atoms. The predicted molar refractivity (Wildman–Crippen MR) is 83.4 cm³/mol. The molecule has 0 atom stereocenters. The van der Waals surface area contributed by atoms with E-state index in [1.807, 2.05) is 18.2 Å². The van der Waals surface area contributed by atoms with Gasteiger partial charge < -0.3 is 28.8 Å². The Labute approximate surface area is 133 Å². The van der Waals surface area contributed by atoms with E-state index in [0.29, 0.717) is 19.7 Å². The maximum atomic E-state index is 11.6. The van der Waals surface area contributed by atoms with Gasteiger partial charge in [-0.05, 0) is 18.2 Å². The highest BCUT2D eigenvalue weighted by atomic mass is 16.6. The largest absolute Gasteiger partial charge is 0.497 e. The first-order chi connectivity index (χ1) is 11.3. The lowest BCUT2D eigenvalue weighted by atomic mass is 10.2. The Balaban J connectivity index is 1.54. The third kappa shape index (κ3) is 3.68. The van der Waals surface area contributed by atoms with Crippen LogP contribution in [0.1, 0.15) is 0 Å². The monoisotopic (exact) mass is 318 g/mol. The van der Waals surface area contributed by atoms with E-state index >= 15 is 0 Å². The van der Waals surface area contributed by atoms with Gasteiger partial charge in [-0.2, -0.15) is 0 Å². The van der Waals surface area contributed by atoms with E-state index in [2.05, 4.69) is 10.2 Å². The zero-order valence-corrected chi connectivity index (χ0v) is 12.8. The minimum atomic E-state index is -0.543. The fraction of sp³-hybridized carbons (Fsp3) is 0.312. The molecule has 1 aliphatic heterocycles. The number of fused-ring (bicyclic) bond motifs is 1. The molecule has 0 aliphatic carbocycles. The summed E-state index contributed by atoms with van der Waals surface area (Å²) < 4.78 is 20.8. The average Bonchev–Trinajstić information content (AvgIpc) is 3.07. The maximum absolute atomic E-state index is 11.6. The molecule has 23 heavy (non-hydrogen) atoms. The molecule has 122 valence electrons. The van der Waals surface area contributed by atoms with Crippen molar-refractivity contribution >= 4 is 11.8 Å². The lowest BCUT2D eigenvalue weighted by Gasteiger charge is -2.31. The van der Waals surface area contributed by atoms with E-state index in [0.717, 1.165) is 23.7 Å². The first-order valence-electron chi connectivity index (χ1n) is 7.31. The van der Waals surface area contributed by atoms with Crippen LogP contribution in [0.5, 0.6) is 17.4 Å². The summed E-state index contributed by atoms with van der Waals surface area (Å²) >= 11 is 0. The molecule has 1 amide bonds. The number of hydrogen-bond donors (Lipinski definition) is 1. The molecule has 0 unspecified atom stereocenters. The van der Waals surface area contributed by atoms with Crippen LogP contribution in [0.15, 0.2) is 41.0 Å². The molecule has 0 radical (unpaired) electrons. The highest BCUT2D eigenvalue weighted by Crippen LogP contribution is 2.34. The number of rotatable bonds is 5. The number of benzene rings is 1. The topological polar surface area (TPSA) is 73.2 Å². The van der Waals surface area contributed by atoms with E-state index in [1.54, 1.807) is 19.2 Å². The van der Waals surface area contributed by atoms with Gasteiger partial charge in [0.1, 0.15) is 18.1 Å². The lowest BCUT2D eigenvalue weighted by Crippen LogP contribution is -2.40. The molecule has 2 aromatic rings. The Morgan fingerprint density at radius 2 is 2.30 bits per heavy atom. The van der Waals surface area contributed by atoms with Crippen molar-refractivity contribution in [1.29, 1.82) is 0 Å². The van der Waals surface area contributed by atoms with Crippen LogP contribution in [-0.2, 0) is 0 Å². The fourth-order valence-corrected chi connectivity index (χ4v) is 2.35. The van der Waals surface area contributed by atoms with Crippen molar-refractivity contribution in [2.75, 3.05) is 38.3 Å². The van der Waals surface area contributed by atoms with Crippen molar-refractivity contribution in [2.45, 2.75) is 0 Å². The first kappa shape index (κ1) is 15.1. The van der Waals surface area contributed by atoms with E-state index in [1.165, 1.54) is 6.26 Å².